The molecule has 13 atom stereocenters. The molecule has 1 rings (SSSR count). The molecule has 0 bridgehead atoms. The van der Waals surface area contributed by atoms with E-state index in [-0.39, 0.29) is 38.1 Å². The summed E-state index contributed by atoms with van der Waals surface area (Å²) in [6.45, 7) is 12.1. The number of carboxylic acids is 5. The number of carbonyl (C=O) groups excluding carboxylic acids is 9. The Morgan fingerprint density at radius 2 is 0.961 bits per heavy atom. The van der Waals surface area contributed by atoms with E-state index in [1.54, 1.807) is 41.5 Å². The lowest BCUT2D eigenvalue weighted by Gasteiger charge is -2.31. The topological polar surface area (TPSA) is 486 Å². The highest BCUT2D eigenvalue weighted by Crippen LogP contribution is 2.21. The van der Waals surface area contributed by atoms with Gasteiger partial charge in [-0.15, -0.1) is 0 Å². The van der Waals surface area contributed by atoms with E-state index in [2.05, 4.69) is 37.2 Å². The highest BCUT2D eigenvalue weighted by atomic mass is 16.4. The van der Waals surface area contributed by atoms with Crippen molar-refractivity contribution in [2.45, 2.75) is 186 Å². The van der Waals surface area contributed by atoms with E-state index < -0.39 is 193 Å². The molecule has 0 aromatic carbocycles. The van der Waals surface area contributed by atoms with E-state index in [0.29, 0.717) is 6.42 Å². The summed E-state index contributed by atoms with van der Waals surface area (Å²) in [5.41, 5.74) is 5.68. The summed E-state index contributed by atoms with van der Waals surface area (Å²) >= 11 is 0. The molecule has 1 saturated heterocycles. The van der Waals surface area contributed by atoms with Crippen LogP contribution in [-0.2, 0) is 67.1 Å². The quantitative estimate of drug-likeness (QED) is 0.0293. The summed E-state index contributed by atoms with van der Waals surface area (Å²) in [4.78, 5) is 181. The smallest absolute Gasteiger partial charge is 0.328 e. The summed E-state index contributed by atoms with van der Waals surface area (Å²) in [7, 11) is 0. The third-order valence-electron chi connectivity index (χ3n) is 12.6. The molecular formula is C47H76N10O20. The van der Waals surface area contributed by atoms with E-state index in [1.165, 1.54) is 0 Å². The molecule has 16 N–H and O–H groups in total. The molecule has 77 heavy (non-hydrogen) atoms. The van der Waals surface area contributed by atoms with Gasteiger partial charge in [0.25, 0.3) is 0 Å². The van der Waals surface area contributed by atoms with Crippen molar-refractivity contribution in [1.82, 2.24) is 47.4 Å². The van der Waals surface area contributed by atoms with Crippen molar-refractivity contribution >= 4 is 83.0 Å². The van der Waals surface area contributed by atoms with Crippen molar-refractivity contribution in [2.75, 3.05) is 6.54 Å². The van der Waals surface area contributed by atoms with Crippen molar-refractivity contribution in [2.24, 2.45) is 23.5 Å². The van der Waals surface area contributed by atoms with Gasteiger partial charge in [0.1, 0.15) is 48.3 Å². The number of nitrogens with one attached hydrogen (secondary N) is 8. The number of rotatable bonds is 34. The number of carbonyl (C=O) groups is 14. The number of amides is 9. The average Bonchev–Trinajstić information content (AvgIpc) is 3.83. The SMILES string of the molecule is CC[C@H](C)[C@H](NC(=O)[C@@H](NC(=O)[C@@H](N)CC(=O)O)[C@@H](C)CC)C(=O)N[C@@H](C)C(=O)N[C@@H](CC(=O)O)C(=O)N[C@@H](CC(=O)O)C(=O)N[C@@H](CCC(=O)O)C(=O)N1CCC[C@H]1C(=O)N[C@@H](CC(C)C)C(=O)N[C@H](C(=O)O)[C@@H](C)O. The lowest BCUT2D eigenvalue weighted by Crippen LogP contribution is -2.61. The number of aliphatic hydroxyl groups excluding tert-OH is 1. The summed E-state index contributed by atoms with van der Waals surface area (Å²) in [6, 6.07) is -16.2. The zero-order valence-corrected chi connectivity index (χ0v) is 44.3. The number of hydrogen-bond acceptors (Lipinski definition) is 16. The first-order valence-electron chi connectivity index (χ1n) is 25.0. The number of carboxylic acid groups (broad SMARTS) is 5. The number of nitrogens with zero attached hydrogens (tertiary/aromatic N) is 1. The Morgan fingerprint density at radius 1 is 0.519 bits per heavy atom. The van der Waals surface area contributed by atoms with Crippen LogP contribution in [0.3, 0.4) is 0 Å². The van der Waals surface area contributed by atoms with E-state index in [0.717, 1.165) is 18.7 Å². The fourth-order valence-electron chi connectivity index (χ4n) is 7.81. The Bertz CT molecular complexity index is 2180. The number of aliphatic carboxylic acids is 5. The van der Waals surface area contributed by atoms with Crippen LogP contribution in [0.25, 0.3) is 0 Å². The van der Waals surface area contributed by atoms with Crippen LogP contribution < -0.4 is 48.3 Å². The molecular weight excluding hydrogens is 1020 g/mol. The maximum Gasteiger partial charge on any atom is 0.328 e. The number of hydrogen-bond donors (Lipinski definition) is 15. The fourth-order valence-corrected chi connectivity index (χ4v) is 7.81. The highest BCUT2D eigenvalue weighted by molar-refractivity contribution is 6.00. The first-order chi connectivity index (χ1) is 35.8. The molecule has 0 unspecified atom stereocenters. The Hall–Kier alpha value is -7.50. The molecule has 0 spiro atoms. The maximum atomic E-state index is 14.1. The van der Waals surface area contributed by atoms with Crippen LogP contribution in [0.1, 0.15) is 120 Å². The third kappa shape index (κ3) is 22.7. The van der Waals surface area contributed by atoms with Crippen molar-refractivity contribution in [3.05, 3.63) is 0 Å². The molecule has 1 aliphatic rings. The van der Waals surface area contributed by atoms with Gasteiger partial charge in [0.2, 0.25) is 53.2 Å². The number of nitrogens with two attached hydrogens (primary N) is 1. The number of likely N-dealkylation sites (tertiary alicyclic amines) is 1. The van der Waals surface area contributed by atoms with Crippen molar-refractivity contribution < 1.29 is 97.8 Å². The second-order valence-electron chi connectivity index (χ2n) is 19.4. The van der Waals surface area contributed by atoms with Crippen molar-refractivity contribution in [3.8, 4) is 0 Å². The lowest BCUT2D eigenvalue weighted by atomic mass is 9.94. The zero-order valence-electron chi connectivity index (χ0n) is 44.3. The van der Waals surface area contributed by atoms with Gasteiger partial charge in [-0.05, 0) is 57.3 Å². The van der Waals surface area contributed by atoms with Crippen molar-refractivity contribution in [1.29, 1.82) is 0 Å². The van der Waals surface area contributed by atoms with Crippen LogP contribution in [0.2, 0.25) is 0 Å². The number of aliphatic hydroxyl groups is 1. The second kappa shape index (κ2) is 32.2. The minimum atomic E-state index is -2.13. The molecule has 9 amide bonds. The molecule has 30 nitrogen and oxygen atoms in total. The van der Waals surface area contributed by atoms with E-state index in [4.69, 9.17) is 10.8 Å². The Labute approximate surface area is 443 Å². The summed E-state index contributed by atoms with van der Waals surface area (Å²) in [6.07, 6.45) is -5.29. The molecule has 0 aromatic rings. The van der Waals surface area contributed by atoms with Gasteiger partial charge in [-0.25, -0.2) is 4.79 Å². The normalized spacial score (nSPS) is 17.8. The largest absolute Gasteiger partial charge is 0.481 e. The standard InChI is InChI=1S/C47H76N10O20/c1-9-21(5)35(55-45(74)36(22(6)10-2)54-39(68)25(48)17-32(61)62)44(73)49-23(7)38(67)51-28(18-33(63)64)41(70)52-29(19-34(65)66)40(69)50-26(13-14-31(59)60)46(75)57-15-11-12-30(57)43(72)53-27(16-20(3)4)42(71)56-37(24(8)58)47(76)77/h20-30,35-37,58H,9-19,48H2,1-8H3,(H,49,73)(H,50,69)(H,51,67)(H,52,70)(H,53,72)(H,54,68)(H,55,74)(H,56,71)(H,59,60)(H,61,62)(H,63,64)(H,65,66)(H,76,77)/t21-,22-,23-,24+,25-,26-,27-,28-,29-,30-,35-,36-,37-/m0/s1. The van der Waals surface area contributed by atoms with E-state index in [9.17, 15) is 92.7 Å². The molecule has 30 heteroatoms. The molecule has 1 heterocycles. The second-order valence-corrected chi connectivity index (χ2v) is 19.4. The molecule has 1 aliphatic heterocycles. The predicted molar refractivity (Wildman–Crippen MR) is 265 cm³/mol. The monoisotopic (exact) mass is 1100 g/mol. The van der Waals surface area contributed by atoms with E-state index >= 15 is 0 Å². The molecule has 1 fully saturated rings. The Balaban J connectivity index is 3.40. The van der Waals surface area contributed by atoms with Crippen LogP contribution in [0.4, 0.5) is 0 Å². The van der Waals surface area contributed by atoms with Crippen LogP contribution in [0.15, 0.2) is 0 Å². The first kappa shape index (κ1) is 67.5. The van der Waals surface area contributed by atoms with Gasteiger partial charge in [0, 0.05) is 13.0 Å². The minimum absolute atomic E-state index is 0.00123. The van der Waals surface area contributed by atoms with Gasteiger partial charge < -0.3 is 83.8 Å². The van der Waals surface area contributed by atoms with Gasteiger partial charge in [-0.1, -0.05) is 54.4 Å². The van der Waals surface area contributed by atoms with Crippen LogP contribution in [0, 0.1) is 17.8 Å². The molecule has 0 aliphatic carbocycles. The summed E-state index contributed by atoms with van der Waals surface area (Å²) in [5.74, 6) is -18.9. The fraction of sp³-hybridized carbons (Fsp3) is 0.702. The molecule has 0 aromatic heterocycles. The molecule has 0 saturated carbocycles. The average molecular weight is 1100 g/mol. The lowest BCUT2D eigenvalue weighted by molar-refractivity contribution is -0.146. The first-order valence-corrected chi connectivity index (χ1v) is 25.0. The van der Waals surface area contributed by atoms with Crippen molar-refractivity contribution in [3.63, 3.8) is 0 Å². The van der Waals surface area contributed by atoms with E-state index in [1.807, 2.05) is 5.32 Å². The van der Waals surface area contributed by atoms with Gasteiger partial charge in [-0.2, -0.15) is 0 Å². The Morgan fingerprint density at radius 3 is 1.40 bits per heavy atom. The maximum absolute atomic E-state index is 14.1. The molecule has 0 radical (unpaired) electrons. The summed E-state index contributed by atoms with van der Waals surface area (Å²) < 4.78 is 0. The molecule has 434 valence electrons. The van der Waals surface area contributed by atoms with Gasteiger partial charge in [0.05, 0.1) is 31.4 Å². The Kier molecular flexibility index (Phi) is 28.2. The van der Waals surface area contributed by atoms with Gasteiger partial charge in [-0.3, -0.25) is 62.3 Å². The third-order valence-corrected chi connectivity index (χ3v) is 12.6. The van der Waals surface area contributed by atoms with Gasteiger partial charge in [0.15, 0.2) is 6.04 Å². The van der Waals surface area contributed by atoms with Crippen LogP contribution >= 0.6 is 0 Å². The summed E-state index contributed by atoms with van der Waals surface area (Å²) in [5, 5.41) is 75.6. The highest BCUT2D eigenvalue weighted by Gasteiger charge is 2.41. The van der Waals surface area contributed by atoms with Crippen LogP contribution in [-0.4, -0.2) is 192 Å². The van der Waals surface area contributed by atoms with Crippen LogP contribution in [0.5, 0.6) is 0 Å². The minimum Gasteiger partial charge on any atom is -0.481 e. The predicted octanol–water partition coefficient (Wildman–Crippen LogP) is -3.90. The zero-order chi connectivity index (χ0) is 59.2. The van der Waals surface area contributed by atoms with Gasteiger partial charge >= 0.3 is 29.8 Å².